The van der Waals surface area contributed by atoms with Crippen molar-refractivity contribution < 1.29 is 19.1 Å². The van der Waals surface area contributed by atoms with Crippen LogP contribution in [0.3, 0.4) is 0 Å². The lowest BCUT2D eigenvalue weighted by Gasteiger charge is -2.10. The molecule has 0 aromatic heterocycles. The Bertz CT molecular complexity index is 456. The highest BCUT2D eigenvalue weighted by Crippen LogP contribution is 2.16. The van der Waals surface area contributed by atoms with Gasteiger partial charge in [-0.25, -0.2) is 4.79 Å². The molecule has 1 atom stereocenters. The molecule has 1 aromatic carbocycles. The van der Waals surface area contributed by atoms with E-state index in [4.69, 9.17) is 9.47 Å². The zero-order valence-electron chi connectivity index (χ0n) is 12.8. The molecule has 5 nitrogen and oxygen atoms in total. The van der Waals surface area contributed by atoms with Gasteiger partial charge in [-0.15, -0.1) is 0 Å². The fourth-order valence-corrected chi connectivity index (χ4v) is 1.69. The number of ketones is 1. The first-order chi connectivity index (χ1) is 10.1. The number of alkyl carbamates (subject to hydrolysis) is 1. The summed E-state index contributed by atoms with van der Waals surface area (Å²) in [4.78, 5) is 23.0. The third kappa shape index (κ3) is 5.85. The van der Waals surface area contributed by atoms with Gasteiger partial charge in [0, 0.05) is 11.5 Å². The van der Waals surface area contributed by atoms with Crippen LogP contribution in [0.5, 0.6) is 5.75 Å². The fraction of sp³-hybridized carbons (Fsp3) is 0.500. The Morgan fingerprint density at radius 2 is 1.86 bits per heavy atom. The highest BCUT2D eigenvalue weighted by molar-refractivity contribution is 5.97. The maximum Gasteiger partial charge on any atom is 0.407 e. The van der Waals surface area contributed by atoms with Gasteiger partial charge in [-0.05, 0) is 37.6 Å². The summed E-state index contributed by atoms with van der Waals surface area (Å²) in [7, 11) is 0. The van der Waals surface area contributed by atoms with Gasteiger partial charge in [0.25, 0.3) is 0 Å². The lowest BCUT2D eigenvalue weighted by Crippen LogP contribution is -2.28. The molecule has 0 aliphatic carbocycles. The summed E-state index contributed by atoms with van der Waals surface area (Å²) in [5.74, 6) is 0.847. The molecule has 5 heteroatoms. The number of ether oxygens (including phenoxy) is 2. The predicted molar refractivity (Wildman–Crippen MR) is 80.7 cm³/mol. The molecule has 0 heterocycles. The van der Waals surface area contributed by atoms with Crippen molar-refractivity contribution in [1.82, 2.24) is 5.32 Å². The number of Topliss-reactive ketones (excluding diaryl/α,β-unsaturated/α-hetero) is 1. The smallest absolute Gasteiger partial charge is 0.407 e. The van der Waals surface area contributed by atoms with Crippen LogP contribution in [0.1, 0.15) is 37.6 Å². The molecule has 1 amide bonds. The van der Waals surface area contributed by atoms with Gasteiger partial charge in [0.05, 0.1) is 13.2 Å². The molecule has 0 bridgehead atoms. The van der Waals surface area contributed by atoms with Gasteiger partial charge < -0.3 is 14.8 Å². The van der Waals surface area contributed by atoms with Crippen LogP contribution in [-0.4, -0.2) is 31.6 Å². The lowest BCUT2D eigenvalue weighted by molar-refractivity contribution is 0.0927. The van der Waals surface area contributed by atoms with Gasteiger partial charge in [0.2, 0.25) is 0 Å². The van der Waals surface area contributed by atoms with Crippen molar-refractivity contribution in [1.29, 1.82) is 0 Å². The summed E-state index contributed by atoms with van der Waals surface area (Å²) < 4.78 is 10.2. The topological polar surface area (TPSA) is 64.6 Å². The van der Waals surface area contributed by atoms with Gasteiger partial charge >= 0.3 is 6.09 Å². The number of amides is 1. The van der Waals surface area contributed by atoms with Crippen LogP contribution in [-0.2, 0) is 4.74 Å². The van der Waals surface area contributed by atoms with E-state index in [1.54, 1.807) is 31.2 Å². The van der Waals surface area contributed by atoms with E-state index in [2.05, 4.69) is 5.32 Å². The van der Waals surface area contributed by atoms with E-state index in [0.29, 0.717) is 31.1 Å². The van der Waals surface area contributed by atoms with E-state index in [1.165, 1.54) is 0 Å². The fourth-order valence-electron chi connectivity index (χ4n) is 1.69. The second-order valence-electron chi connectivity index (χ2n) is 4.69. The summed E-state index contributed by atoms with van der Waals surface area (Å²) in [5, 5.41) is 2.57. The molecule has 0 fully saturated rings. The van der Waals surface area contributed by atoms with Gasteiger partial charge in [0.15, 0.2) is 5.78 Å². The summed E-state index contributed by atoms with van der Waals surface area (Å²) >= 11 is 0. The van der Waals surface area contributed by atoms with Gasteiger partial charge in [-0.2, -0.15) is 0 Å². The van der Waals surface area contributed by atoms with Crippen molar-refractivity contribution in [3.05, 3.63) is 29.8 Å². The average Bonchev–Trinajstić information content (AvgIpc) is 2.51. The molecule has 0 aliphatic heterocycles. The van der Waals surface area contributed by atoms with Crippen LogP contribution < -0.4 is 10.1 Å². The second kappa shape index (κ2) is 9.00. The first kappa shape index (κ1) is 17.0. The Balaban J connectivity index is 2.38. The molecule has 0 spiro atoms. The normalized spacial score (nSPS) is 11.6. The number of rotatable bonds is 8. The molecule has 0 aliphatic rings. The number of nitrogens with one attached hydrogen (secondary N) is 1. The molecule has 0 saturated heterocycles. The monoisotopic (exact) mass is 293 g/mol. The van der Waals surface area contributed by atoms with E-state index < -0.39 is 6.09 Å². The molecular formula is C16H23NO4. The van der Waals surface area contributed by atoms with Crippen molar-refractivity contribution in [2.75, 3.05) is 19.8 Å². The second-order valence-corrected chi connectivity index (χ2v) is 4.69. The molecule has 1 rings (SSSR count). The molecular weight excluding hydrogens is 270 g/mol. The largest absolute Gasteiger partial charge is 0.492 e. The number of carbonyl (C=O) groups is 2. The van der Waals surface area contributed by atoms with Crippen molar-refractivity contribution in [2.24, 2.45) is 5.92 Å². The maximum atomic E-state index is 12.0. The number of hydrogen-bond donors (Lipinski definition) is 1. The van der Waals surface area contributed by atoms with Gasteiger partial charge in [0.1, 0.15) is 12.4 Å². The minimum atomic E-state index is -0.449. The third-order valence-corrected chi connectivity index (χ3v) is 3.11. The molecule has 1 aromatic rings. The highest BCUT2D eigenvalue weighted by atomic mass is 16.5. The van der Waals surface area contributed by atoms with Crippen LogP contribution in [0, 0.1) is 5.92 Å². The third-order valence-electron chi connectivity index (χ3n) is 3.11. The molecule has 1 unspecified atom stereocenters. The van der Waals surface area contributed by atoms with Crippen molar-refractivity contribution in [3.63, 3.8) is 0 Å². The molecule has 1 N–H and O–H groups in total. The predicted octanol–water partition coefficient (Wildman–Crippen LogP) is 3.04. The Kier molecular flexibility index (Phi) is 7.29. The van der Waals surface area contributed by atoms with Crippen molar-refractivity contribution >= 4 is 11.9 Å². The van der Waals surface area contributed by atoms with Crippen molar-refractivity contribution in [2.45, 2.75) is 27.2 Å². The van der Waals surface area contributed by atoms with Gasteiger partial charge in [-0.3, -0.25) is 4.79 Å². The van der Waals surface area contributed by atoms with Crippen LogP contribution in [0.2, 0.25) is 0 Å². The summed E-state index contributed by atoms with van der Waals surface area (Å²) in [6, 6.07) is 7.06. The molecule has 0 radical (unpaired) electrons. The minimum absolute atomic E-state index is 0.0329. The Morgan fingerprint density at radius 3 is 2.43 bits per heavy atom. The first-order valence-corrected chi connectivity index (χ1v) is 7.26. The van der Waals surface area contributed by atoms with Crippen LogP contribution in [0.15, 0.2) is 24.3 Å². The zero-order valence-corrected chi connectivity index (χ0v) is 12.8. The number of hydrogen-bond acceptors (Lipinski definition) is 4. The van der Waals surface area contributed by atoms with Gasteiger partial charge in [-0.1, -0.05) is 13.8 Å². The lowest BCUT2D eigenvalue weighted by atomic mass is 9.97. The average molecular weight is 293 g/mol. The van der Waals surface area contributed by atoms with E-state index in [-0.39, 0.29) is 11.7 Å². The maximum absolute atomic E-state index is 12.0. The van der Waals surface area contributed by atoms with Crippen molar-refractivity contribution in [3.8, 4) is 5.75 Å². The molecule has 0 saturated carbocycles. The number of benzene rings is 1. The van der Waals surface area contributed by atoms with Crippen LogP contribution in [0.4, 0.5) is 4.79 Å². The Hall–Kier alpha value is -2.04. The first-order valence-electron chi connectivity index (χ1n) is 7.26. The van der Waals surface area contributed by atoms with Crippen LogP contribution >= 0.6 is 0 Å². The van der Waals surface area contributed by atoms with Crippen LogP contribution in [0.25, 0.3) is 0 Å². The number of carbonyl (C=O) groups excluding carboxylic acids is 2. The summed E-state index contributed by atoms with van der Waals surface area (Å²) in [6.07, 6.45) is 0.381. The molecule has 116 valence electrons. The minimum Gasteiger partial charge on any atom is -0.492 e. The Morgan fingerprint density at radius 1 is 1.19 bits per heavy atom. The standard InChI is InChI=1S/C16H23NO4/c1-4-12(3)15(18)13-6-8-14(9-7-13)21-11-10-17-16(19)20-5-2/h6-9,12H,4-5,10-11H2,1-3H3,(H,17,19). The van der Waals surface area contributed by atoms with E-state index in [1.807, 2.05) is 13.8 Å². The molecule has 21 heavy (non-hydrogen) atoms. The van der Waals surface area contributed by atoms with E-state index in [9.17, 15) is 9.59 Å². The summed E-state index contributed by atoms with van der Waals surface area (Å²) in [6.45, 7) is 6.73. The SMILES string of the molecule is CCOC(=O)NCCOc1ccc(C(=O)C(C)CC)cc1. The highest BCUT2D eigenvalue weighted by Gasteiger charge is 2.12. The van der Waals surface area contributed by atoms with E-state index in [0.717, 1.165) is 6.42 Å². The quantitative estimate of drug-likeness (QED) is 0.591. The zero-order chi connectivity index (χ0) is 15.7. The van der Waals surface area contributed by atoms with E-state index >= 15 is 0 Å². The summed E-state index contributed by atoms with van der Waals surface area (Å²) in [5.41, 5.74) is 0.696. The Labute approximate surface area is 125 Å².